The molecule has 5 rings (SSSR count). The van der Waals surface area contributed by atoms with Crippen molar-refractivity contribution in [3.63, 3.8) is 0 Å². The van der Waals surface area contributed by atoms with E-state index in [0.29, 0.717) is 0 Å². The molecule has 0 aliphatic rings. The Hall–Kier alpha value is -4.31. The van der Waals surface area contributed by atoms with Crippen LogP contribution < -0.4 is 4.90 Å². The first-order valence-corrected chi connectivity index (χ1v) is 10.8. The lowest BCUT2D eigenvalue weighted by atomic mass is 10.1. The van der Waals surface area contributed by atoms with Crippen molar-refractivity contribution in [3.8, 4) is 22.5 Å². The number of rotatable bonds is 5. The topological polar surface area (TPSA) is 29.0 Å². The van der Waals surface area contributed by atoms with Gasteiger partial charge in [-0.3, -0.25) is 9.97 Å². The maximum atomic E-state index is 13.7. The van der Waals surface area contributed by atoms with E-state index in [-0.39, 0.29) is 5.82 Å². The van der Waals surface area contributed by atoms with Crippen molar-refractivity contribution in [2.24, 2.45) is 0 Å². The molecule has 0 aliphatic carbocycles. The third-order valence-electron chi connectivity index (χ3n) is 5.47. The number of aryl methyl sites for hydroxylation is 1. The van der Waals surface area contributed by atoms with Crippen LogP contribution in [0.4, 0.5) is 21.5 Å². The van der Waals surface area contributed by atoms with Gasteiger partial charge in [0.05, 0.1) is 11.4 Å². The first-order chi connectivity index (χ1) is 16.2. The summed E-state index contributed by atoms with van der Waals surface area (Å²) in [4.78, 5) is 11.2. The normalized spacial score (nSPS) is 10.7. The highest BCUT2D eigenvalue weighted by Gasteiger charge is 2.15. The van der Waals surface area contributed by atoms with Gasteiger partial charge < -0.3 is 4.90 Å². The molecule has 160 valence electrons. The van der Waals surface area contributed by atoms with Crippen LogP contribution in [0.15, 0.2) is 116 Å². The van der Waals surface area contributed by atoms with Gasteiger partial charge in [-0.05, 0) is 85.3 Å². The molecular formula is C29H22FN3. The number of halogens is 1. The minimum atomic E-state index is -0.265. The highest BCUT2D eigenvalue weighted by Crippen LogP contribution is 2.37. The minimum Gasteiger partial charge on any atom is -0.310 e. The molecule has 0 fully saturated rings. The summed E-state index contributed by atoms with van der Waals surface area (Å²) >= 11 is 0. The summed E-state index contributed by atoms with van der Waals surface area (Å²) in [5.41, 5.74) is 7.78. The van der Waals surface area contributed by atoms with Crippen LogP contribution in [0.5, 0.6) is 0 Å². The van der Waals surface area contributed by atoms with Gasteiger partial charge in [0.25, 0.3) is 0 Å². The van der Waals surface area contributed by atoms with Gasteiger partial charge in [-0.2, -0.15) is 0 Å². The lowest BCUT2D eigenvalue weighted by Crippen LogP contribution is -2.10. The summed E-state index contributed by atoms with van der Waals surface area (Å²) in [6.45, 7) is 2.06. The molecule has 0 spiro atoms. The van der Waals surface area contributed by atoms with E-state index in [1.807, 2.05) is 54.7 Å². The number of aromatic nitrogens is 2. The van der Waals surface area contributed by atoms with Crippen molar-refractivity contribution in [2.45, 2.75) is 6.92 Å². The zero-order valence-corrected chi connectivity index (χ0v) is 18.2. The van der Waals surface area contributed by atoms with E-state index in [9.17, 15) is 4.39 Å². The molecule has 0 bridgehead atoms. The van der Waals surface area contributed by atoms with E-state index < -0.39 is 0 Å². The molecule has 4 heteroatoms. The minimum absolute atomic E-state index is 0.265. The smallest absolute Gasteiger partial charge is 0.123 e. The number of hydrogen-bond acceptors (Lipinski definition) is 3. The maximum absolute atomic E-state index is 13.7. The standard InChI is InChI=1S/C29H22FN3/c1-21-15-17-32-29(18-21)23-7-5-9-27(20-23)33(25-13-11-24(30)12-14-25)26-8-4-6-22(19-26)28-10-2-3-16-31-28/h2-20H,1H3. The van der Waals surface area contributed by atoms with Crippen LogP contribution in [0, 0.1) is 12.7 Å². The molecule has 5 aromatic rings. The quantitative estimate of drug-likeness (QED) is 0.285. The van der Waals surface area contributed by atoms with E-state index in [2.05, 4.69) is 52.1 Å². The van der Waals surface area contributed by atoms with E-state index >= 15 is 0 Å². The van der Waals surface area contributed by atoms with Crippen molar-refractivity contribution >= 4 is 17.1 Å². The van der Waals surface area contributed by atoms with Gasteiger partial charge in [-0.15, -0.1) is 0 Å². The fourth-order valence-electron chi connectivity index (χ4n) is 3.87. The second-order valence-corrected chi connectivity index (χ2v) is 7.85. The second-order valence-electron chi connectivity index (χ2n) is 7.85. The van der Waals surface area contributed by atoms with Crippen molar-refractivity contribution in [2.75, 3.05) is 4.90 Å². The Morgan fingerprint density at radius 3 is 1.88 bits per heavy atom. The van der Waals surface area contributed by atoms with E-state index in [0.717, 1.165) is 45.1 Å². The summed E-state index contributed by atoms with van der Waals surface area (Å²) in [5.74, 6) is -0.265. The van der Waals surface area contributed by atoms with Gasteiger partial charge in [0.15, 0.2) is 0 Å². The van der Waals surface area contributed by atoms with Crippen LogP contribution in [-0.4, -0.2) is 9.97 Å². The van der Waals surface area contributed by atoms with Crippen molar-refractivity contribution in [1.29, 1.82) is 0 Å². The van der Waals surface area contributed by atoms with Crippen molar-refractivity contribution < 1.29 is 4.39 Å². The molecule has 33 heavy (non-hydrogen) atoms. The van der Waals surface area contributed by atoms with Crippen LogP contribution in [0.1, 0.15) is 5.56 Å². The third-order valence-corrected chi connectivity index (χ3v) is 5.47. The third kappa shape index (κ3) is 4.51. The molecule has 0 atom stereocenters. The molecule has 3 nitrogen and oxygen atoms in total. The molecule has 0 radical (unpaired) electrons. The molecule has 0 saturated carbocycles. The number of benzene rings is 3. The summed E-state index contributed by atoms with van der Waals surface area (Å²) in [6.07, 6.45) is 3.61. The largest absolute Gasteiger partial charge is 0.310 e. The summed E-state index contributed by atoms with van der Waals surface area (Å²) in [5, 5.41) is 0. The van der Waals surface area contributed by atoms with Gasteiger partial charge in [-0.1, -0.05) is 30.3 Å². The summed E-state index contributed by atoms with van der Waals surface area (Å²) in [7, 11) is 0. The van der Waals surface area contributed by atoms with Gasteiger partial charge in [0.1, 0.15) is 5.82 Å². The Morgan fingerprint density at radius 1 is 0.576 bits per heavy atom. The molecule has 0 saturated heterocycles. The van der Waals surface area contributed by atoms with E-state index in [1.165, 1.54) is 12.1 Å². The Labute approximate surface area is 192 Å². The summed E-state index contributed by atoms with van der Waals surface area (Å²) in [6, 6.07) is 32.9. The lowest BCUT2D eigenvalue weighted by molar-refractivity contribution is 0.628. The summed E-state index contributed by atoms with van der Waals surface area (Å²) < 4.78 is 13.7. The van der Waals surface area contributed by atoms with Crippen molar-refractivity contribution in [1.82, 2.24) is 9.97 Å². The predicted molar refractivity (Wildman–Crippen MR) is 132 cm³/mol. The fraction of sp³-hybridized carbons (Fsp3) is 0.0345. The molecular weight excluding hydrogens is 409 g/mol. The van der Waals surface area contributed by atoms with E-state index in [4.69, 9.17) is 0 Å². The fourth-order valence-corrected chi connectivity index (χ4v) is 3.87. The average molecular weight is 432 g/mol. The highest BCUT2D eigenvalue weighted by molar-refractivity contribution is 5.81. The SMILES string of the molecule is Cc1ccnc(-c2cccc(N(c3ccc(F)cc3)c3cccc(-c4ccccn4)c3)c2)c1. The first kappa shape index (κ1) is 20.6. The Bertz CT molecular complexity index is 1380. The number of anilines is 3. The van der Waals surface area contributed by atoms with Crippen LogP contribution in [0.25, 0.3) is 22.5 Å². The Balaban J connectivity index is 1.64. The second kappa shape index (κ2) is 9.05. The number of nitrogens with zero attached hydrogens (tertiary/aromatic N) is 3. The van der Waals surface area contributed by atoms with Crippen LogP contribution in [-0.2, 0) is 0 Å². The monoisotopic (exact) mass is 431 g/mol. The molecule has 0 N–H and O–H groups in total. The predicted octanol–water partition coefficient (Wildman–Crippen LogP) is 7.73. The molecule has 0 unspecified atom stereocenters. The Morgan fingerprint density at radius 2 is 1.24 bits per heavy atom. The molecule has 0 aliphatic heterocycles. The van der Waals surface area contributed by atoms with Crippen LogP contribution >= 0.6 is 0 Å². The maximum Gasteiger partial charge on any atom is 0.123 e. The molecule has 2 heterocycles. The van der Waals surface area contributed by atoms with Crippen LogP contribution in [0.3, 0.4) is 0 Å². The number of hydrogen-bond donors (Lipinski definition) is 0. The van der Waals surface area contributed by atoms with Gasteiger partial charge in [0, 0.05) is 40.6 Å². The number of pyridine rings is 2. The average Bonchev–Trinajstić information content (AvgIpc) is 2.86. The van der Waals surface area contributed by atoms with Gasteiger partial charge >= 0.3 is 0 Å². The van der Waals surface area contributed by atoms with Crippen LogP contribution in [0.2, 0.25) is 0 Å². The zero-order valence-electron chi connectivity index (χ0n) is 18.2. The molecule has 0 amide bonds. The molecule has 3 aromatic carbocycles. The van der Waals surface area contributed by atoms with E-state index in [1.54, 1.807) is 18.3 Å². The molecule has 2 aromatic heterocycles. The first-order valence-electron chi connectivity index (χ1n) is 10.8. The Kier molecular flexibility index (Phi) is 5.64. The van der Waals surface area contributed by atoms with Crippen molar-refractivity contribution in [3.05, 3.63) is 127 Å². The van der Waals surface area contributed by atoms with Gasteiger partial charge in [-0.25, -0.2) is 4.39 Å². The lowest BCUT2D eigenvalue weighted by Gasteiger charge is -2.26. The zero-order chi connectivity index (χ0) is 22.6. The van der Waals surface area contributed by atoms with Gasteiger partial charge in [0.2, 0.25) is 0 Å². The highest BCUT2D eigenvalue weighted by atomic mass is 19.1.